The number of nitrogens with zero attached hydrogens (tertiary/aromatic N) is 5. The van der Waals surface area contributed by atoms with E-state index >= 15 is 0 Å². The zero-order valence-electron chi connectivity index (χ0n) is 16.0. The molecule has 0 unspecified atom stereocenters. The normalized spacial score (nSPS) is 24.8. The molecule has 3 fully saturated rings. The van der Waals surface area contributed by atoms with Crippen LogP contribution >= 0.6 is 0 Å². The van der Waals surface area contributed by atoms with Gasteiger partial charge in [0, 0.05) is 45.0 Å². The van der Waals surface area contributed by atoms with Crippen molar-refractivity contribution in [1.82, 2.24) is 14.8 Å². The number of amides is 1. The van der Waals surface area contributed by atoms with Crippen molar-refractivity contribution >= 4 is 11.7 Å². The number of rotatable bonds is 3. The van der Waals surface area contributed by atoms with Crippen LogP contribution in [0.1, 0.15) is 44.1 Å². The van der Waals surface area contributed by atoms with E-state index in [1.54, 1.807) is 12.3 Å². The first-order valence-electron chi connectivity index (χ1n) is 10.4. The molecule has 3 saturated heterocycles. The summed E-state index contributed by atoms with van der Waals surface area (Å²) in [4.78, 5) is 24.2. The third-order valence-electron chi connectivity index (χ3n) is 6.40. The molecule has 0 N–H and O–H groups in total. The van der Waals surface area contributed by atoms with Gasteiger partial charge in [0.2, 0.25) is 5.91 Å². The van der Waals surface area contributed by atoms with Crippen molar-refractivity contribution in [1.29, 1.82) is 5.26 Å². The van der Waals surface area contributed by atoms with Gasteiger partial charge >= 0.3 is 0 Å². The lowest BCUT2D eigenvalue weighted by atomic mass is 9.93. The molecular weight excluding hydrogens is 338 g/mol. The number of nitriles is 1. The van der Waals surface area contributed by atoms with Crippen molar-refractivity contribution in [2.24, 2.45) is 5.92 Å². The third-order valence-corrected chi connectivity index (χ3v) is 6.40. The van der Waals surface area contributed by atoms with Crippen LogP contribution in [0.2, 0.25) is 0 Å². The van der Waals surface area contributed by atoms with Gasteiger partial charge in [-0.1, -0.05) is 0 Å². The van der Waals surface area contributed by atoms with E-state index in [1.165, 1.54) is 12.8 Å². The Labute approximate surface area is 161 Å². The van der Waals surface area contributed by atoms with Gasteiger partial charge in [-0.15, -0.1) is 0 Å². The van der Waals surface area contributed by atoms with Gasteiger partial charge in [0.15, 0.2) is 0 Å². The SMILES string of the molecule is N#Cc1ccnc(N2CCC(N3CCC[C@H](C(=O)N4CCCC4)C3)CC2)c1. The number of aromatic nitrogens is 1. The highest BCUT2D eigenvalue weighted by Gasteiger charge is 2.34. The lowest BCUT2D eigenvalue weighted by molar-refractivity contribution is -0.136. The Hall–Kier alpha value is -2.13. The molecule has 0 aliphatic carbocycles. The number of carbonyl (C=O) groups is 1. The lowest BCUT2D eigenvalue weighted by Gasteiger charge is -2.42. The number of hydrogen-bond donors (Lipinski definition) is 0. The number of anilines is 1. The average Bonchev–Trinajstić information content (AvgIpc) is 3.28. The molecule has 1 amide bonds. The number of likely N-dealkylation sites (tertiary alicyclic amines) is 2. The van der Waals surface area contributed by atoms with E-state index in [-0.39, 0.29) is 5.92 Å². The van der Waals surface area contributed by atoms with E-state index in [9.17, 15) is 4.79 Å². The molecule has 144 valence electrons. The Balaban J connectivity index is 1.32. The van der Waals surface area contributed by atoms with Gasteiger partial charge in [-0.25, -0.2) is 4.98 Å². The molecule has 3 aliphatic rings. The van der Waals surface area contributed by atoms with E-state index in [1.807, 2.05) is 6.07 Å². The van der Waals surface area contributed by atoms with Crippen LogP contribution in [-0.4, -0.2) is 66.0 Å². The van der Waals surface area contributed by atoms with Crippen molar-refractivity contribution in [2.45, 2.75) is 44.6 Å². The van der Waals surface area contributed by atoms with Crippen molar-refractivity contribution in [2.75, 3.05) is 44.2 Å². The molecule has 0 spiro atoms. The maximum atomic E-state index is 12.8. The Morgan fingerprint density at radius 1 is 1.07 bits per heavy atom. The molecular formula is C21H29N5O. The number of pyridine rings is 1. The average molecular weight is 367 g/mol. The van der Waals surface area contributed by atoms with Crippen LogP contribution in [0.5, 0.6) is 0 Å². The molecule has 0 aromatic carbocycles. The van der Waals surface area contributed by atoms with Gasteiger partial charge in [-0.3, -0.25) is 9.69 Å². The maximum Gasteiger partial charge on any atom is 0.226 e. The summed E-state index contributed by atoms with van der Waals surface area (Å²) in [5.74, 6) is 1.50. The maximum absolute atomic E-state index is 12.8. The van der Waals surface area contributed by atoms with Crippen molar-refractivity contribution in [3.05, 3.63) is 23.9 Å². The Morgan fingerprint density at radius 2 is 1.85 bits per heavy atom. The molecule has 1 aromatic rings. The van der Waals surface area contributed by atoms with Crippen molar-refractivity contribution in [3.8, 4) is 6.07 Å². The minimum atomic E-state index is 0.198. The topological polar surface area (TPSA) is 63.5 Å². The minimum Gasteiger partial charge on any atom is -0.356 e. The molecule has 0 radical (unpaired) electrons. The zero-order chi connectivity index (χ0) is 18.6. The Morgan fingerprint density at radius 3 is 2.59 bits per heavy atom. The summed E-state index contributed by atoms with van der Waals surface area (Å²) in [7, 11) is 0. The second-order valence-electron chi connectivity index (χ2n) is 8.10. The fourth-order valence-electron chi connectivity index (χ4n) is 4.86. The molecule has 3 aliphatic heterocycles. The van der Waals surface area contributed by atoms with Crippen LogP contribution in [0.15, 0.2) is 18.3 Å². The first-order valence-corrected chi connectivity index (χ1v) is 10.4. The van der Waals surface area contributed by atoms with E-state index < -0.39 is 0 Å². The van der Waals surface area contributed by atoms with E-state index in [0.29, 0.717) is 17.5 Å². The molecule has 4 rings (SSSR count). The molecule has 1 atom stereocenters. The van der Waals surface area contributed by atoms with E-state index in [2.05, 4.69) is 25.8 Å². The molecule has 6 nitrogen and oxygen atoms in total. The summed E-state index contributed by atoms with van der Waals surface area (Å²) in [6.45, 7) is 5.91. The van der Waals surface area contributed by atoms with Gasteiger partial charge in [-0.05, 0) is 57.2 Å². The van der Waals surface area contributed by atoms with Gasteiger partial charge in [0.1, 0.15) is 5.82 Å². The fraction of sp³-hybridized carbons (Fsp3) is 0.667. The monoisotopic (exact) mass is 367 g/mol. The van der Waals surface area contributed by atoms with E-state index in [0.717, 1.165) is 70.8 Å². The quantitative estimate of drug-likeness (QED) is 0.820. The van der Waals surface area contributed by atoms with Crippen LogP contribution in [-0.2, 0) is 4.79 Å². The predicted octanol–water partition coefficient (Wildman–Crippen LogP) is 2.26. The lowest BCUT2D eigenvalue weighted by Crippen LogP contribution is -2.51. The molecule has 4 heterocycles. The summed E-state index contributed by atoms with van der Waals surface area (Å²) in [6.07, 6.45) is 8.44. The number of piperidine rings is 2. The molecule has 0 saturated carbocycles. The molecule has 1 aromatic heterocycles. The first kappa shape index (κ1) is 18.2. The van der Waals surface area contributed by atoms with Crippen LogP contribution in [0, 0.1) is 17.2 Å². The highest BCUT2D eigenvalue weighted by molar-refractivity contribution is 5.79. The molecule has 0 bridgehead atoms. The summed E-state index contributed by atoms with van der Waals surface area (Å²) < 4.78 is 0. The Kier molecular flexibility index (Phi) is 5.58. The largest absolute Gasteiger partial charge is 0.356 e. The number of carbonyl (C=O) groups excluding carboxylic acids is 1. The van der Waals surface area contributed by atoms with Gasteiger partial charge in [-0.2, -0.15) is 5.26 Å². The summed E-state index contributed by atoms with van der Waals surface area (Å²) in [6, 6.07) is 6.39. The summed E-state index contributed by atoms with van der Waals surface area (Å²) in [5, 5.41) is 9.09. The fourth-order valence-corrected chi connectivity index (χ4v) is 4.86. The second kappa shape index (κ2) is 8.26. The molecule has 27 heavy (non-hydrogen) atoms. The van der Waals surface area contributed by atoms with Crippen LogP contribution in [0.25, 0.3) is 0 Å². The summed E-state index contributed by atoms with van der Waals surface area (Å²) >= 11 is 0. The first-order chi connectivity index (χ1) is 13.2. The highest BCUT2D eigenvalue weighted by Crippen LogP contribution is 2.27. The predicted molar refractivity (Wildman–Crippen MR) is 104 cm³/mol. The van der Waals surface area contributed by atoms with Crippen molar-refractivity contribution < 1.29 is 4.79 Å². The van der Waals surface area contributed by atoms with Crippen molar-refractivity contribution in [3.63, 3.8) is 0 Å². The minimum absolute atomic E-state index is 0.198. The van der Waals surface area contributed by atoms with Gasteiger partial charge < -0.3 is 9.80 Å². The standard InChI is InChI=1S/C21H29N5O/c22-15-17-5-8-23-20(14-17)24-12-6-19(7-13-24)26-11-3-4-18(16-26)21(27)25-9-1-2-10-25/h5,8,14,18-19H,1-4,6-7,9-13,16H2/t18-/m0/s1. The van der Waals surface area contributed by atoms with E-state index in [4.69, 9.17) is 5.26 Å². The van der Waals surface area contributed by atoms with Gasteiger partial charge in [0.05, 0.1) is 17.6 Å². The van der Waals surface area contributed by atoms with Crippen LogP contribution in [0.3, 0.4) is 0 Å². The van der Waals surface area contributed by atoms with Gasteiger partial charge in [0.25, 0.3) is 0 Å². The smallest absolute Gasteiger partial charge is 0.226 e. The highest BCUT2D eigenvalue weighted by atomic mass is 16.2. The molecule has 6 heteroatoms. The second-order valence-corrected chi connectivity index (χ2v) is 8.10. The Bertz CT molecular complexity index is 701. The summed E-state index contributed by atoms with van der Waals surface area (Å²) in [5.41, 5.74) is 0.668. The van der Waals surface area contributed by atoms with Crippen LogP contribution < -0.4 is 4.90 Å². The number of hydrogen-bond acceptors (Lipinski definition) is 5. The van der Waals surface area contributed by atoms with Crippen LogP contribution in [0.4, 0.5) is 5.82 Å². The third kappa shape index (κ3) is 4.08. The zero-order valence-corrected chi connectivity index (χ0v) is 16.0.